The fraction of sp³-hybridized carbons (Fsp3) is 0.600. The molecule has 2 atom stereocenters. The quantitative estimate of drug-likeness (QED) is 0.816. The van der Waals surface area contributed by atoms with Crippen LogP contribution in [0.5, 0.6) is 0 Å². The summed E-state index contributed by atoms with van der Waals surface area (Å²) in [6.07, 6.45) is 6.32. The molecule has 2 unspecified atom stereocenters. The van der Waals surface area contributed by atoms with E-state index in [0.29, 0.717) is 12.1 Å². The summed E-state index contributed by atoms with van der Waals surface area (Å²) in [7, 11) is 0. The fourth-order valence-corrected chi connectivity index (χ4v) is 2.76. The van der Waals surface area contributed by atoms with Crippen LogP contribution in [-0.2, 0) is 12.8 Å². The van der Waals surface area contributed by atoms with Crippen LogP contribution in [0.2, 0.25) is 0 Å². The van der Waals surface area contributed by atoms with Crippen LogP contribution < -0.4 is 5.32 Å². The van der Waals surface area contributed by atoms with E-state index in [2.05, 4.69) is 43.4 Å². The molecule has 0 radical (unpaired) electrons. The van der Waals surface area contributed by atoms with Crippen molar-refractivity contribution in [2.24, 2.45) is 0 Å². The van der Waals surface area contributed by atoms with Gasteiger partial charge in [-0.3, -0.25) is 0 Å². The lowest BCUT2D eigenvalue weighted by molar-refractivity contribution is 0.392. The van der Waals surface area contributed by atoms with Gasteiger partial charge in [0.15, 0.2) is 0 Å². The van der Waals surface area contributed by atoms with Gasteiger partial charge in [-0.05, 0) is 43.7 Å². The van der Waals surface area contributed by atoms with Gasteiger partial charge in [0, 0.05) is 12.1 Å². The highest BCUT2D eigenvalue weighted by molar-refractivity contribution is 5.30. The number of benzene rings is 1. The van der Waals surface area contributed by atoms with Crippen molar-refractivity contribution < 1.29 is 0 Å². The number of aryl methyl sites for hydroxylation is 1. The third-order valence-corrected chi connectivity index (χ3v) is 3.59. The minimum Gasteiger partial charge on any atom is -0.311 e. The van der Waals surface area contributed by atoms with Crippen LogP contribution in [0.25, 0.3) is 0 Å². The van der Waals surface area contributed by atoms with Gasteiger partial charge in [-0.1, -0.05) is 37.6 Å². The third-order valence-electron chi connectivity index (χ3n) is 3.59. The van der Waals surface area contributed by atoms with Crippen LogP contribution >= 0.6 is 0 Å². The molecular formula is C15H23N. The predicted octanol–water partition coefficient (Wildman–Crippen LogP) is 3.32. The Morgan fingerprint density at radius 1 is 1.31 bits per heavy atom. The summed E-state index contributed by atoms with van der Waals surface area (Å²) in [5.74, 6) is 0. The minimum absolute atomic E-state index is 0.667. The topological polar surface area (TPSA) is 12.0 Å². The van der Waals surface area contributed by atoms with E-state index in [1.807, 2.05) is 0 Å². The monoisotopic (exact) mass is 217 g/mol. The Hall–Kier alpha value is -0.820. The summed E-state index contributed by atoms with van der Waals surface area (Å²) in [6.45, 7) is 4.57. The van der Waals surface area contributed by atoms with Crippen molar-refractivity contribution in [2.45, 2.75) is 58.0 Å². The standard InChI is InChI=1S/C15H23N/c1-3-6-12(2)16-15-10-9-13-7-4-5-8-14(13)11-15/h4-5,7-8,12,15-16H,3,6,9-11H2,1-2H3. The van der Waals surface area contributed by atoms with Crippen molar-refractivity contribution in [1.29, 1.82) is 0 Å². The van der Waals surface area contributed by atoms with Gasteiger partial charge >= 0.3 is 0 Å². The average molecular weight is 217 g/mol. The van der Waals surface area contributed by atoms with Crippen LogP contribution in [0.4, 0.5) is 0 Å². The van der Waals surface area contributed by atoms with E-state index in [9.17, 15) is 0 Å². The predicted molar refractivity (Wildman–Crippen MR) is 69.8 cm³/mol. The van der Waals surface area contributed by atoms with Gasteiger partial charge in [0.25, 0.3) is 0 Å². The van der Waals surface area contributed by atoms with Gasteiger partial charge in [0.1, 0.15) is 0 Å². The van der Waals surface area contributed by atoms with E-state index in [-0.39, 0.29) is 0 Å². The van der Waals surface area contributed by atoms with E-state index >= 15 is 0 Å². The molecule has 0 saturated carbocycles. The van der Waals surface area contributed by atoms with Crippen LogP contribution in [0.3, 0.4) is 0 Å². The molecule has 88 valence electrons. The van der Waals surface area contributed by atoms with Gasteiger partial charge in [-0.25, -0.2) is 0 Å². The molecule has 0 fully saturated rings. The molecule has 1 heteroatoms. The number of hydrogen-bond acceptors (Lipinski definition) is 1. The summed E-state index contributed by atoms with van der Waals surface area (Å²) < 4.78 is 0. The van der Waals surface area contributed by atoms with E-state index in [1.54, 1.807) is 11.1 Å². The van der Waals surface area contributed by atoms with E-state index < -0.39 is 0 Å². The molecule has 1 aromatic rings. The molecule has 0 heterocycles. The Bertz CT molecular complexity index is 332. The Labute approximate surface area is 99.3 Å². The first kappa shape index (κ1) is 11.7. The molecule has 0 saturated heterocycles. The maximum atomic E-state index is 3.76. The summed E-state index contributed by atoms with van der Waals surface area (Å²) in [4.78, 5) is 0. The summed E-state index contributed by atoms with van der Waals surface area (Å²) >= 11 is 0. The zero-order chi connectivity index (χ0) is 11.4. The lowest BCUT2D eigenvalue weighted by atomic mass is 9.88. The van der Waals surface area contributed by atoms with Crippen LogP contribution in [0, 0.1) is 0 Å². The molecule has 1 aliphatic rings. The van der Waals surface area contributed by atoms with Crippen molar-refractivity contribution in [3.8, 4) is 0 Å². The van der Waals surface area contributed by atoms with Gasteiger partial charge < -0.3 is 5.32 Å². The molecule has 2 rings (SSSR count). The molecule has 0 aromatic heterocycles. The molecular weight excluding hydrogens is 194 g/mol. The number of fused-ring (bicyclic) bond motifs is 1. The number of hydrogen-bond donors (Lipinski definition) is 1. The molecule has 0 aliphatic heterocycles. The molecule has 0 bridgehead atoms. The normalized spacial score (nSPS) is 21.5. The molecule has 1 nitrogen and oxygen atoms in total. The van der Waals surface area contributed by atoms with Crippen LogP contribution in [-0.4, -0.2) is 12.1 Å². The summed E-state index contributed by atoms with van der Waals surface area (Å²) in [5, 5.41) is 3.76. The van der Waals surface area contributed by atoms with Crippen LogP contribution in [0.1, 0.15) is 44.2 Å². The Morgan fingerprint density at radius 3 is 2.81 bits per heavy atom. The van der Waals surface area contributed by atoms with E-state index in [1.165, 1.54) is 32.1 Å². The largest absolute Gasteiger partial charge is 0.311 e. The molecule has 1 aliphatic carbocycles. The maximum Gasteiger partial charge on any atom is 0.0113 e. The molecule has 0 amide bonds. The van der Waals surface area contributed by atoms with Crippen LogP contribution in [0.15, 0.2) is 24.3 Å². The highest BCUT2D eigenvalue weighted by Crippen LogP contribution is 2.21. The third kappa shape index (κ3) is 2.85. The fourth-order valence-electron chi connectivity index (χ4n) is 2.76. The SMILES string of the molecule is CCCC(C)NC1CCc2ccccc2C1. The van der Waals surface area contributed by atoms with Gasteiger partial charge in [-0.15, -0.1) is 0 Å². The highest BCUT2D eigenvalue weighted by atomic mass is 14.9. The zero-order valence-electron chi connectivity index (χ0n) is 10.5. The summed E-state index contributed by atoms with van der Waals surface area (Å²) in [6, 6.07) is 10.2. The Balaban J connectivity index is 1.92. The maximum absolute atomic E-state index is 3.76. The number of nitrogens with one attached hydrogen (secondary N) is 1. The molecule has 1 aromatic carbocycles. The second-order valence-corrected chi connectivity index (χ2v) is 5.06. The second-order valence-electron chi connectivity index (χ2n) is 5.06. The minimum atomic E-state index is 0.667. The van der Waals surface area contributed by atoms with Crippen molar-refractivity contribution in [2.75, 3.05) is 0 Å². The van der Waals surface area contributed by atoms with Crippen molar-refractivity contribution in [3.05, 3.63) is 35.4 Å². The van der Waals surface area contributed by atoms with Crippen molar-refractivity contribution in [3.63, 3.8) is 0 Å². The highest BCUT2D eigenvalue weighted by Gasteiger charge is 2.18. The summed E-state index contributed by atoms with van der Waals surface area (Å²) in [5.41, 5.74) is 3.11. The van der Waals surface area contributed by atoms with Gasteiger partial charge in [0.2, 0.25) is 0 Å². The first-order chi connectivity index (χ1) is 7.79. The Morgan fingerprint density at radius 2 is 2.06 bits per heavy atom. The van der Waals surface area contributed by atoms with Gasteiger partial charge in [0.05, 0.1) is 0 Å². The first-order valence-electron chi connectivity index (χ1n) is 6.62. The first-order valence-corrected chi connectivity index (χ1v) is 6.62. The van der Waals surface area contributed by atoms with Gasteiger partial charge in [-0.2, -0.15) is 0 Å². The van der Waals surface area contributed by atoms with Crippen molar-refractivity contribution in [1.82, 2.24) is 5.32 Å². The lowest BCUT2D eigenvalue weighted by Crippen LogP contribution is -2.40. The Kier molecular flexibility index (Phi) is 4.00. The molecule has 1 N–H and O–H groups in total. The average Bonchev–Trinajstić information content (AvgIpc) is 2.29. The molecule has 16 heavy (non-hydrogen) atoms. The van der Waals surface area contributed by atoms with E-state index in [4.69, 9.17) is 0 Å². The van der Waals surface area contributed by atoms with Crippen molar-refractivity contribution >= 4 is 0 Å². The molecule has 0 spiro atoms. The number of rotatable bonds is 4. The van der Waals surface area contributed by atoms with E-state index in [0.717, 1.165) is 0 Å². The zero-order valence-corrected chi connectivity index (χ0v) is 10.5. The second kappa shape index (κ2) is 5.49. The lowest BCUT2D eigenvalue weighted by Gasteiger charge is -2.28. The smallest absolute Gasteiger partial charge is 0.0113 e.